The first kappa shape index (κ1) is 16.1. The summed E-state index contributed by atoms with van der Waals surface area (Å²) in [6.07, 6.45) is -2.69. The van der Waals surface area contributed by atoms with E-state index >= 15 is 0 Å². The highest BCUT2D eigenvalue weighted by Gasteiger charge is 2.32. The molecule has 0 unspecified atom stereocenters. The number of morpholine rings is 1. The predicted molar refractivity (Wildman–Crippen MR) is 91.2 cm³/mol. The van der Waals surface area contributed by atoms with E-state index in [-0.39, 0.29) is 0 Å². The lowest BCUT2D eigenvalue weighted by Gasteiger charge is -2.29. The van der Waals surface area contributed by atoms with Crippen LogP contribution in [-0.4, -0.2) is 32.5 Å². The van der Waals surface area contributed by atoms with Crippen LogP contribution in [0.15, 0.2) is 41.4 Å². The van der Waals surface area contributed by atoms with Crippen molar-refractivity contribution in [1.29, 1.82) is 0 Å². The molecular weight excluding hydrogens is 329 g/mol. The van der Waals surface area contributed by atoms with E-state index in [2.05, 4.69) is 9.89 Å². The summed E-state index contributed by atoms with van der Waals surface area (Å²) in [7, 11) is 0. The summed E-state index contributed by atoms with van der Waals surface area (Å²) in [6.45, 7) is 3.19. The molecule has 6 heteroatoms. The van der Waals surface area contributed by atoms with Crippen LogP contribution in [0.5, 0.6) is 0 Å². The molecule has 0 radical (unpaired) electrons. The maximum atomic E-state index is 13.3. The van der Waals surface area contributed by atoms with Crippen molar-refractivity contribution < 1.29 is 17.9 Å². The molecule has 1 saturated heterocycles. The van der Waals surface area contributed by atoms with E-state index < -0.39 is 11.7 Å². The molecule has 4 rings (SSSR count). The van der Waals surface area contributed by atoms with Crippen LogP contribution in [0.2, 0.25) is 0 Å². The second-order valence-electron chi connectivity index (χ2n) is 6.21. The summed E-state index contributed by atoms with van der Waals surface area (Å²) in [6, 6.07) is 10.1. The van der Waals surface area contributed by atoms with E-state index in [0.717, 1.165) is 29.9 Å². The number of hydrogen-bond acceptors (Lipinski definition) is 3. The monoisotopic (exact) mass is 346 g/mol. The smallest absolute Gasteiger partial charge is 0.378 e. The maximum Gasteiger partial charge on any atom is 0.416 e. The molecule has 0 amide bonds. The Hall–Kier alpha value is -2.34. The Morgan fingerprint density at radius 1 is 1.04 bits per heavy atom. The Labute approximate surface area is 143 Å². The second-order valence-corrected chi connectivity index (χ2v) is 6.21. The summed E-state index contributed by atoms with van der Waals surface area (Å²) in [5.74, 6) is 0. The van der Waals surface area contributed by atoms with Gasteiger partial charge < -0.3 is 9.64 Å². The molecule has 0 N–H and O–H groups in total. The number of fused-ring (bicyclic) bond motifs is 1. The average molecular weight is 346 g/mol. The molecule has 0 atom stereocenters. The molecule has 0 saturated carbocycles. The van der Waals surface area contributed by atoms with Crippen molar-refractivity contribution in [3.63, 3.8) is 0 Å². The fourth-order valence-electron chi connectivity index (χ4n) is 3.33. The minimum absolute atomic E-state index is 0.301. The predicted octanol–water partition coefficient (Wildman–Crippen LogP) is 4.14. The first-order chi connectivity index (χ1) is 12.0. The standard InChI is InChI=1S/C19H17F3N2O/c20-19(21,22)15-8-14-11-23-12-18(14)17(10-15)13-2-1-3-16(9-13)24-4-6-25-7-5-24/h1-3,8-10,12H,4-7,11H2. The van der Waals surface area contributed by atoms with Gasteiger partial charge in [0.25, 0.3) is 0 Å². The molecule has 2 aliphatic heterocycles. The normalized spacial score (nSPS) is 17.0. The van der Waals surface area contributed by atoms with Crippen LogP contribution in [0.1, 0.15) is 16.7 Å². The van der Waals surface area contributed by atoms with E-state index in [9.17, 15) is 13.2 Å². The van der Waals surface area contributed by atoms with Crippen LogP contribution < -0.4 is 4.90 Å². The van der Waals surface area contributed by atoms with Gasteiger partial charge in [0.05, 0.1) is 25.3 Å². The molecule has 0 aromatic heterocycles. The van der Waals surface area contributed by atoms with Crippen molar-refractivity contribution >= 4 is 11.9 Å². The maximum absolute atomic E-state index is 13.3. The zero-order chi connectivity index (χ0) is 17.4. The highest BCUT2D eigenvalue weighted by molar-refractivity contribution is 5.94. The highest BCUT2D eigenvalue weighted by Crippen LogP contribution is 2.37. The first-order valence-corrected chi connectivity index (χ1v) is 8.19. The van der Waals surface area contributed by atoms with Crippen LogP contribution >= 0.6 is 0 Å². The number of anilines is 1. The second kappa shape index (κ2) is 6.19. The van der Waals surface area contributed by atoms with Crippen molar-refractivity contribution in [2.45, 2.75) is 12.7 Å². The lowest BCUT2D eigenvalue weighted by Crippen LogP contribution is -2.36. The zero-order valence-corrected chi connectivity index (χ0v) is 13.5. The van der Waals surface area contributed by atoms with E-state index in [0.29, 0.717) is 30.9 Å². The van der Waals surface area contributed by atoms with Crippen LogP contribution in [0, 0.1) is 0 Å². The van der Waals surface area contributed by atoms with Gasteiger partial charge in [-0.15, -0.1) is 0 Å². The minimum atomic E-state index is -4.37. The van der Waals surface area contributed by atoms with Crippen LogP contribution in [0.25, 0.3) is 11.1 Å². The van der Waals surface area contributed by atoms with Gasteiger partial charge in [-0.05, 0) is 41.0 Å². The lowest BCUT2D eigenvalue weighted by atomic mass is 9.94. The molecule has 2 aromatic carbocycles. The number of nitrogens with zero attached hydrogens (tertiary/aromatic N) is 2. The fraction of sp³-hybridized carbons (Fsp3) is 0.316. The third-order valence-corrected chi connectivity index (χ3v) is 4.61. The quantitative estimate of drug-likeness (QED) is 0.816. The van der Waals surface area contributed by atoms with Crippen molar-refractivity contribution in [3.05, 3.63) is 53.1 Å². The number of halogens is 3. The number of ether oxygens (including phenoxy) is 1. The summed E-state index contributed by atoms with van der Waals surface area (Å²) < 4.78 is 45.1. The number of rotatable bonds is 2. The third kappa shape index (κ3) is 3.14. The largest absolute Gasteiger partial charge is 0.416 e. The Bertz CT molecular complexity index is 824. The van der Waals surface area contributed by atoms with E-state index in [1.807, 2.05) is 24.3 Å². The van der Waals surface area contributed by atoms with Crippen molar-refractivity contribution in [2.75, 3.05) is 31.2 Å². The van der Waals surface area contributed by atoms with Crippen molar-refractivity contribution in [1.82, 2.24) is 0 Å². The molecule has 2 aromatic rings. The topological polar surface area (TPSA) is 24.8 Å². The molecule has 2 aliphatic rings. The molecule has 130 valence electrons. The van der Waals surface area contributed by atoms with E-state index in [4.69, 9.17) is 4.74 Å². The van der Waals surface area contributed by atoms with E-state index in [1.54, 1.807) is 6.21 Å². The Morgan fingerprint density at radius 3 is 2.60 bits per heavy atom. The summed E-state index contributed by atoms with van der Waals surface area (Å²) in [5, 5.41) is 0. The van der Waals surface area contributed by atoms with Gasteiger partial charge in [-0.25, -0.2) is 0 Å². The fourth-order valence-corrected chi connectivity index (χ4v) is 3.33. The Morgan fingerprint density at radius 2 is 1.84 bits per heavy atom. The average Bonchev–Trinajstić information content (AvgIpc) is 3.10. The van der Waals surface area contributed by atoms with Crippen LogP contribution in [0.3, 0.4) is 0 Å². The van der Waals surface area contributed by atoms with Gasteiger partial charge >= 0.3 is 6.18 Å². The van der Waals surface area contributed by atoms with Gasteiger partial charge in [0.15, 0.2) is 0 Å². The Kier molecular flexibility index (Phi) is 4.00. The minimum Gasteiger partial charge on any atom is -0.378 e. The molecule has 3 nitrogen and oxygen atoms in total. The van der Waals surface area contributed by atoms with Gasteiger partial charge in [0.1, 0.15) is 0 Å². The SMILES string of the molecule is FC(F)(F)c1cc2c(c(-c3cccc(N4CCOCC4)c3)c1)C=NC2. The number of hydrogen-bond donors (Lipinski definition) is 0. The Balaban J connectivity index is 1.79. The van der Waals surface area contributed by atoms with Gasteiger partial charge in [0.2, 0.25) is 0 Å². The van der Waals surface area contributed by atoms with Crippen LogP contribution in [-0.2, 0) is 17.5 Å². The molecule has 0 aliphatic carbocycles. The number of alkyl halides is 3. The van der Waals surface area contributed by atoms with Gasteiger partial charge in [-0.2, -0.15) is 13.2 Å². The van der Waals surface area contributed by atoms with Gasteiger partial charge in [0, 0.05) is 30.6 Å². The summed E-state index contributed by atoms with van der Waals surface area (Å²) in [4.78, 5) is 6.34. The zero-order valence-electron chi connectivity index (χ0n) is 13.5. The van der Waals surface area contributed by atoms with E-state index in [1.165, 1.54) is 12.1 Å². The highest BCUT2D eigenvalue weighted by atomic mass is 19.4. The van der Waals surface area contributed by atoms with Crippen molar-refractivity contribution in [2.24, 2.45) is 4.99 Å². The molecule has 2 heterocycles. The molecular formula is C19H17F3N2O. The third-order valence-electron chi connectivity index (χ3n) is 4.61. The van der Waals surface area contributed by atoms with Gasteiger partial charge in [-0.3, -0.25) is 4.99 Å². The lowest BCUT2D eigenvalue weighted by molar-refractivity contribution is -0.137. The van der Waals surface area contributed by atoms with Crippen LogP contribution in [0.4, 0.5) is 18.9 Å². The number of benzene rings is 2. The summed E-state index contributed by atoms with van der Waals surface area (Å²) >= 11 is 0. The van der Waals surface area contributed by atoms with Gasteiger partial charge in [-0.1, -0.05) is 12.1 Å². The molecule has 25 heavy (non-hydrogen) atoms. The van der Waals surface area contributed by atoms with Crippen molar-refractivity contribution in [3.8, 4) is 11.1 Å². The first-order valence-electron chi connectivity index (χ1n) is 8.19. The molecule has 0 spiro atoms. The number of aliphatic imine (C=N–C) groups is 1. The summed E-state index contributed by atoms with van der Waals surface area (Å²) in [5.41, 5.74) is 3.15. The molecule has 1 fully saturated rings. The molecule has 0 bridgehead atoms.